The van der Waals surface area contributed by atoms with Crippen molar-refractivity contribution in [1.82, 2.24) is 4.72 Å². The predicted molar refractivity (Wildman–Crippen MR) is 107 cm³/mol. The van der Waals surface area contributed by atoms with E-state index in [1.807, 2.05) is 18.2 Å². The van der Waals surface area contributed by atoms with E-state index in [0.717, 1.165) is 37.8 Å². The first kappa shape index (κ1) is 19.1. The zero-order chi connectivity index (χ0) is 19.6. The molecule has 0 saturated carbocycles. The van der Waals surface area contributed by atoms with Gasteiger partial charge in [-0.15, -0.1) is 0 Å². The maximum Gasteiger partial charge on any atom is 0.255 e. The normalized spacial score (nSPS) is 18.8. The Morgan fingerprint density at radius 2 is 1.93 bits per heavy atom. The van der Waals surface area contributed by atoms with Crippen LogP contribution in [-0.4, -0.2) is 33.6 Å². The quantitative estimate of drug-likeness (QED) is 0.781. The van der Waals surface area contributed by atoms with Gasteiger partial charge in [-0.1, -0.05) is 12.1 Å². The van der Waals surface area contributed by atoms with Crippen molar-refractivity contribution in [2.45, 2.75) is 43.1 Å². The topological polar surface area (TPSA) is 84.5 Å². The van der Waals surface area contributed by atoms with Crippen LogP contribution in [0.4, 0.5) is 5.69 Å². The first-order chi connectivity index (χ1) is 13.5. The molecule has 0 bridgehead atoms. The Morgan fingerprint density at radius 3 is 2.75 bits per heavy atom. The van der Waals surface area contributed by atoms with Crippen molar-refractivity contribution in [2.24, 2.45) is 0 Å². The Labute approximate surface area is 165 Å². The van der Waals surface area contributed by atoms with Gasteiger partial charge in [-0.05, 0) is 73.6 Å². The lowest BCUT2D eigenvalue weighted by Gasteiger charge is -2.12. The van der Waals surface area contributed by atoms with Crippen LogP contribution >= 0.6 is 0 Å². The Kier molecular flexibility index (Phi) is 5.48. The number of nitrogens with one attached hydrogen (secondary N) is 2. The molecule has 2 aromatic rings. The number of hydrogen-bond acceptors (Lipinski definition) is 4. The number of benzene rings is 2. The number of aryl methyl sites for hydroxylation is 2. The van der Waals surface area contributed by atoms with Gasteiger partial charge in [0.25, 0.3) is 5.91 Å². The number of hydrogen-bond donors (Lipinski definition) is 2. The molecule has 1 heterocycles. The van der Waals surface area contributed by atoms with Gasteiger partial charge in [-0.25, -0.2) is 13.1 Å². The number of fused-ring (bicyclic) bond motifs is 1. The molecule has 2 N–H and O–H groups in total. The molecule has 148 valence electrons. The summed E-state index contributed by atoms with van der Waals surface area (Å²) in [5.41, 5.74) is 3.65. The molecular weight excluding hydrogens is 376 g/mol. The zero-order valence-electron chi connectivity index (χ0n) is 15.6. The van der Waals surface area contributed by atoms with Gasteiger partial charge in [0.2, 0.25) is 10.0 Å². The van der Waals surface area contributed by atoms with Gasteiger partial charge in [0, 0.05) is 24.4 Å². The molecule has 0 spiro atoms. The van der Waals surface area contributed by atoms with Crippen LogP contribution in [0.25, 0.3) is 0 Å². The van der Waals surface area contributed by atoms with E-state index in [1.54, 1.807) is 12.1 Å². The highest BCUT2D eigenvalue weighted by Gasteiger charge is 2.21. The minimum Gasteiger partial charge on any atom is -0.377 e. The first-order valence-corrected chi connectivity index (χ1v) is 11.1. The van der Waals surface area contributed by atoms with Crippen LogP contribution in [0.1, 0.15) is 40.7 Å². The molecule has 2 aromatic carbocycles. The lowest BCUT2D eigenvalue weighted by atomic mass is 10.1. The number of rotatable bonds is 6. The predicted octanol–water partition coefficient (Wildman–Crippen LogP) is 2.88. The number of ether oxygens (including phenoxy) is 1. The van der Waals surface area contributed by atoms with Crippen molar-refractivity contribution in [1.29, 1.82) is 0 Å². The summed E-state index contributed by atoms with van der Waals surface area (Å²) in [6.45, 7) is 0.915. The number of anilines is 1. The van der Waals surface area contributed by atoms with Crippen molar-refractivity contribution in [3.8, 4) is 0 Å². The lowest BCUT2D eigenvalue weighted by Crippen LogP contribution is -2.32. The van der Waals surface area contributed by atoms with Crippen molar-refractivity contribution in [2.75, 3.05) is 18.5 Å². The summed E-state index contributed by atoms with van der Waals surface area (Å²) in [4.78, 5) is 12.7. The molecule has 28 heavy (non-hydrogen) atoms. The van der Waals surface area contributed by atoms with Gasteiger partial charge < -0.3 is 10.1 Å². The summed E-state index contributed by atoms with van der Waals surface area (Å²) in [6.07, 6.45) is 4.98. The first-order valence-electron chi connectivity index (χ1n) is 9.66. The SMILES string of the molecule is O=C(Nc1ccc2c(c1)CCC2)c1cccc(S(=O)(=O)NCC2CCCO2)c1. The van der Waals surface area contributed by atoms with E-state index in [0.29, 0.717) is 12.2 Å². The van der Waals surface area contributed by atoms with E-state index in [9.17, 15) is 13.2 Å². The average molecular weight is 401 g/mol. The summed E-state index contributed by atoms with van der Waals surface area (Å²) in [5.74, 6) is -0.325. The van der Waals surface area contributed by atoms with Crippen LogP contribution in [-0.2, 0) is 27.6 Å². The number of amides is 1. The molecule has 2 aliphatic rings. The fourth-order valence-electron chi connectivity index (χ4n) is 3.75. The molecular formula is C21H24N2O4S. The van der Waals surface area contributed by atoms with E-state index >= 15 is 0 Å². The third-order valence-electron chi connectivity index (χ3n) is 5.29. The standard InChI is InChI=1S/C21H24N2O4S/c24-21(23-18-10-9-15-4-1-5-16(15)12-18)17-6-2-8-20(13-17)28(25,26)22-14-19-7-3-11-27-19/h2,6,8-10,12-13,19,22H,1,3-5,7,11,14H2,(H,23,24). The van der Waals surface area contributed by atoms with Gasteiger partial charge in [0.15, 0.2) is 0 Å². The molecule has 1 fully saturated rings. The molecule has 1 aliphatic heterocycles. The second-order valence-corrected chi connectivity index (χ2v) is 9.07. The zero-order valence-corrected chi connectivity index (χ0v) is 16.4. The Morgan fingerprint density at radius 1 is 1.07 bits per heavy atom. The maximum atomic E-state index is 12.6. The number of sulfonamides is 1. The van der Waals surface area contributed by atoms with Crippen LogP contribution in [0.5, 0.6) is 0 Å². The van der Waals surface area contributed by atoms with Crippen molar-refractivity contribution in [3.63, 3.8) is 0 Å². The van der Waals surface area contributed by atoms with Crippen LogP contribution in [0.3, 0.4) is 0 Å². The minimum absolute atomic E-state index is 0.0760. The Balaban J connectivity index is 1.45. The summed E-state index contributed by atoms with van der Waals surface area (Å²) < 4.78 is 33.1. The number of carbonyl (C=O) groups excluding carboxylic acids is 1. The van der Waals surface area contributed by atoms with Gasteiger partial charge in [-0.3, -0.25) is 4.79 Å². The summed E-state index contributed by atoms with van der Waals surface area (Å²) in [6, 6.07) is 12.0. The Bertz CT molecular complexity index is 982. The molecule has 7 heteroatoms. The monoisotopic (exact) mass is 400 g/mol. The molecule has 1 atom stereocenters. The van der Waals surface area contributed by atoms with Crippen molar-refractivity contribution >= 4 is 21.6 Å². The fourth-order valence-corrected chi connectivity index (χ4v) is 4.86. The number of carbonyl (C=O) groups is 1. The van der Waals surface area contributed by atoms with E-state index in [4.69, 9.17) is 4.74 Å². The largest absolute Gasteiger partial charge is 0.377 e. The molecule has 0 aromatic heterocycles. The lowest BCUT2D eigenvalue weighted by molar-refractivity contribution is 0.102. The molecule has 1 unspecified atom stereocenters. The van der Waals surface area contributed by atoms with Gasteiger partial charge >= 0.3 is 0 Å². The molecule has 1 aliphatic carbocycles. The van der Waals surface area contributed by atoms with Crippen molar-refractivity contribution in [3.05, 3.63) is 59.2 Å². The van der Waals surface area contributed by atoms with Crippen LogP contribution < -0.4 is 10.0 Å². The summed E-state index contributed by atoms with van der Waals surface area (Å²) in [7, 11) is -3.69. The smallest absolute Gasteiger partial charge is 0.255 e. The van der Waals surface area contributed by atoms with Crippen molar-refractivity contribution < 1.29 is 17.9 Å². The van der Waals surface area contributed by atoms with Crippen LogP contribution in [0.2, 0.25) is 0 Å². The third kappa shape index (κ3) is 4.27. The molecule has 4 rings (SSSR count). The van der Waals surface area contributed by atoms with E-state index in [1.165, 1.54) is 23.3 Å². The van der Waals surface area contributed by atoms with Gasteiger partial charge in [-0.2, -0.15) is 0 Å². The molecule has 0 radical (unpaired) electrons. The summed E-state index contributed by atoms with van der Waals surface area (Å²) in [5, 5.41) is 2.87. The highest BCUT2D eigenvalue weighted by Crippen LogP contribution is 2.25. The second kappa shape index (κ2) is 8.03. The fraction of sp³-hybridized carbons (Fsp3) is 0.381. The van der Waals surface area contributed by atoms with Crippen LogP contribution in [0.15, 0.2) is 47.4 Å². The van der Waals surface area contributed by atoms with E-state index in [-0.39, 0.29) is 23.5 Å². The van der Waals surface area contributed by atoms with Crippen LogP contribution in [0, 0.1) is 0 Å². The molecule has 1 saturated heterocycles. The third-order valence-corrected chi connectivity index (χ3v) is 6.71. The highest BCUT2D eigenvalue weighted by atomic mass is 32.2. The minimum atomic E-state index is -3.69. The average Bonchev–Trinajstić information content (AvgIpc) is 3.38. The molecule has 1 amide bonds. The van der Waals surface area contributed by atoms with Gasteiger partial charge in [0.1, 0.15) is 0 Å². The van der Waals surface area contributed by atoms with E-state index in [2.05, 4.69) is 10.0 Å². The Hall–Kier alpha value is -2.22. The second-order valence-electron chi connectivity index (χ2n) is 7.31. The van der Waals surface area contributed by atoms with Gasteiger partial charge in [0.05, 0.1) is 11.0 Å². The summed E-state index contributed by atoms with van der Waals surface area (Å²) >= 11 is 0. The molecule has 6 nitrogen and oxygen atoms in total. The maximum absolute atomic E-state index is 12.6. The van der Waals surface area contributed by atoms with E-state index < -0.39 is 10.0 Å². The highest BCUT2D eigenvalue weighted by molar-refractivity contribution is 7.89.